The lowest BCUT2D eigenvalue weighted by molar-refractivity contribution is 0.0592. The zero-order chi connectivity index (χ0) is 22.5. The first-order valence-corrected chi connectivity index (χ1v) is 9.82. The van der Waals surface area contributed by atoms with E-state index >= 15 is 0 Å². The number of benzene rings is 2. The Morgan fingerprint density at radius 2 is 1.68 bits per heavy atom. The zero-order valence-electron chi connectivity index (χ0n) is 18.4. The molecule has 0 fully saturated rings. The molecule has 1 aliphatic rings. The maximum atomic E-state index is 13.3. The predicted octanol–water partition coefficient (Wildman–Crippen LogP) is 2.75. The maximum Gasteiger partial charge on any atom is 0.342 e. The third-order valence-corrected chi connectivity index (χ3v) is 5.11. The van der Waals surface area contributed by atoms with E-state index in [1.807, 2.05) is 26.2 Å². The highest BCUT2D eigenvalue weighted by atomic mass is 16.7. The Balaban J connectivity index is 2.00. The number of nitrogens with zero attached hydrogens (tertiary/aromatic N) is 1. The van der Waals surface area contributed by atoms with Gasteiger partial charge >= 0.3 is 5.97 Å². The lowest BCUT2D eigenvalue weighted by Crippen LogP contribution is -2.17. The fourth-order valence-electron chi connectivity index (χ4n) is 3.50. The van der Waals surface area contributed by atoms with E-state index in [1.54, 1.807) is 12.1 Å². The normalized spacial score (nSPS) is 12.1. The molecule has 0 aromatic heterocycles. The molecule has 2 aromatic rings. The number of Topliss-reactive ketones (excluding diaryl/α,β-unsaturated/α-hetero) is 1. The average molecular weight is 429 g/mol. The molecule has 166 valence electrons. The van der Waals surface area contributed by atoms with Crippen molar-refractivity contribution in [1.29, 1.82) is 0 Å². The summed E-state index contributed by atoms with van der Waals surface area (Å²) >= 11 is 0. The van der Waals surface area contributed by atoms with Crippen LogP contribution < -0.4 is 18.9 Å². The van der Waals surface area contributed by atoms with Gasteiger partial charge in [0.15, 0.2) is 28.8 Å². The van der Waals surface area contributed by atoms with E-state index in [4.69, 9.17) is 23.7 Å². The predicted molar refractivity (Wildman–Crippen MR) is 114 cm³/mol. The van der Waals surface area contributed by atoms with Gasteiger partial charge in [0.25, 0.3) is 0 Å². The van der Waals surface area contributed by atoms with Crippen molar-refractivity contribution in [3.63, 3.8) is 0 Å². The minimum absolute atomic E-state index is 0.0462. The monoisotopic (exact) mass is 429 g/mol. The molecule has 0 atom stereocenters. The van der Waals surface area contributed by atoms with Crippen LogP contribution >= 0.6 is 0 Å². The minimum Gasteiger partial charge on any atom is -0.493 e. The second kappa shape index (κ2) is 9.70. The number of carbonyl (C=O) groups excluding carboxylic acids is 2. The highest BCUT2D eigenvalue weighted by Crippen LogP contribution is 2.37. The number of hydrogen-bond donors (Lipinski definition) is 0. The number of fused-ring (bicyclic) bond motifs is 1. The molecule has 2 aromatic carbocycles. The molecule has 0 saturated heterocycles. The summed E-state index contributed by atoms with van der Waals surface area (Å²) in [5.41, 5.74) is 2.07. The smallest absolute Gasteiger partial charge is 0.342 e. The number of esters is 1. The summed E-state index contributed by atoms with van der Waals surface area (Å²) in [6.07, 6.45) is 0.820. The van der Waals surface area contributed by atoms with E-state index in [0.29, 0.717) is 17.2 Å². The van der Waals surface area contributed by atoms with Crippen LogP contribution in [0.15, 0.2) is 24.3 Å². The lowest BCUT2D eigenvalue weighted by atomic mass is 9.93. The van der Waals surface area contributed by atoms with Crippen molar-refractivity contribution in [2.75, 3.05) is 48.8 Å². The van der Waals surface area contributed by atoms with Gasteiger partial charge in [0, 0.05) is 18.5 Å². The number of rotatable bonds is 9. The molecule has 0 saturated carbocycles. The number of methoxy groups -OCH3 is 3. The fourth-order valence-corrected chi connectivity index (χ4v) is 3.50. The Morgan fingerprint density at radius 1 is 1.00 bits per heavy atom. The van der Waals surface area contributed by atoms with Crippen LogP contribution in [-0.4, -0.2) is 65.4 Å². The summed E-state index contributed by atoms with van der Waals surface area (Å²) in [6, 6.07) is 6.92. The molecule has 0 bridgehead atoms. The molecule has 8 nitrogen and oxygen atoms in total. The summed E-state index contributed by atoms with van der Waals surface area (Å²) < 4.78 is 26.5. The first-order valence-electron chi connectivity index (χ1n) is 9.82. The van der Waals surface area contributed by atoms with Gasteiger partial charge in [-0.2, -0.15) is 0 Å². The second-order valence-corrected chi connectivity index (χ2v) is 7.34. The molecule has 0 radical (unpaired) electrons. The van der Waals surface area contributed by atoms with Crippen molar-refractivity contribution < 1.29 is 33.3 Å². The van der Waals surface area contributed by atoms with E-state index in [2.05, 4.69) is 4.90 Å². The topological polar surface area (TPSA) is 83.5 Å². The number of hydrogen-bond acceptors (Lipinski definition) is 8. The van der Waals surface area contributed by atoms with E-state index in [-0.39, 0.29) is 35.9 Å². The molecule has 0 amide bonds. The summed E-state index contributed by atoms with van der Waals surface area (Å²) in [5, 5.41) is 0. The maximum absolute atomic E-state index is 13.3. The summed E-state index contributed by atoms with van der Waals surface area (Å²) in [6.45, 7) is 0.965. The van der Waals surface area contributed by atoms with E-state index in [1.165, 1.54) is 21.3 Å². The Kier molecular flexibility index (Phi) is 7.02. The Bertz CT molecular complexity index is 984. The Morgan fingerprint density at radius 3 is 2.26 bits per heavy atom. The third kappa shape index (κ3) is 4.74. The van der Waals surface area contributed by atoms with Gasteiger partial charge < -0.3 is 28.6 Å². The van der Waals surface area contributed by atoms with Gasteiger partial charge in [-0.25, -0.2) is 4.79 Å². The number of ether oxygens (including phenoxy) is 5. The molecule has 0 unspecified atom stereocenters. The van der Waals surface area contributed by atoms with Crippen molar-refractivity contribution in [1.82, 2.24) is 4.90 Å². The summed E-state index contributed by atoms with van der Waals surface area (Å²) in [5.74, 6) is 0.875. The van der Waals surface area contributed by atoms with Gasteiger partial charge in [0.2, 0.25) is 6.79 Å². The molecule has 0 spiro atoms. The van der Waals surface area contributed by atoms with Crippen LogP contribution in [0.5, 0.6) is 23.0 Å². The molecular weight excluding hydrogens is 402 g/mol. The van der Waals surface area contributed by atoms with E-state index in [9.17, 15) is 9.59 Å². The van der Waals surface area contributed by atoms with Crippen LogP contribution in [0.25, 0.3) is 0 Å². The number of carbonyl (C=O) groups is 2. The van der Waals surface area contributed by atoms with Gasteiger partial charge in [-0.05, 0) is 55.9 Å². The van der Waals surface area contributed by atoms with Gasteiger partial charge in [0.05, 0.1) is 21.3 Å². The molecule has 3 rings (SSSR count). The largest absolute Gasteiger partial charge is 0.493 e. The number of ketones is 1. The second-order valence-electron chi connectivity index (χ2n) is 7.34. The van der Waals surface area contributed by atoms with Crippen LogP contribution in [0.3, 0.4) is 0 Å². The molecule has 31 heavy (non-hydrogen) atoms. The van der Waals surface area contributed by atoms with Gasteiger partial charge in [-0.15, -0.1) is 0 Å². The van der Waals surface area contributed by atoms with Gasteiger partial charge in [0.1, 0.15) is 5.56 Å². The number of likely N-dealkylation sites (N-methyl/N-ethyl adjacent to an activating group) is 1. The third-order valence-electron chi connectivity index (χ3n) is 5.11. The van der Waals surface area contributed by atoms with Gasteiger partial charge in [-0.3, -0.25) is 4.79 Å². The summed E-state index contributed by atoms with van der Waals surface area (Å²) in [7, 11) is 8.11. The van der Waals surface area contributed by atoms with Crippen molar-refractivity contribution in [3.8, 4) is 23.0 Å². The van der Waals surface area contributed by atoms with Crippen LogP contribution in [0.2, 0.25) is 0 Å². The molecule has 1 aliphatic heterocycles. The molecule has 8 heteroatoms. The van der Waals surface area contributed by atoms with Crippen LogP contribution in [-0.2, 0) is 17.6 Å². The van der Waals surface area contributed by atoms with E-state index in [0.717, 1.165) is 24.1 Å². The first kappa shape index (κ1) is 22.4. The van der Waals surface area contributed by atoms with Crippen LogP contribution in [0, 0.1) is 0 Å². The Labute approximate surface area is 181 Å². The molecule has 0 N–H and O–H groups in total. The van der Waals surface area contributed by atoms with Crippen molar-refractivity contribution in [2.24, 2.45) is 0 Å². The fraction of sp³-hybridized carbons (Fsp3) is 0.391. The first-order chi connectivity index (χ1) is 14.9. The Hall–Kier alpha value is -3.26. The van der Waals surface area contributed by atoms with Crippen molar-refractivity contribution in [2.45, 2.75) is 12.8 Å². The van der Waals surface area contributed by atoms with E-state index < -0.39 is 5.97 Å². The standard InChI is InChI=1S/C23H27NO7/c1-24(2)9-8-14-11-19-20(31-13-30-19)12-15(14)10-17(25)16-6-7-18(27-3)22(28-4)21(16)23(26)29-5/h6-7,11-12H,8-10,13H2,1-5H3. The molecule has 1 heterocycles. The lowest BCUT2D eigenvalue weighted by Gasteiger charge is -2.16. The molecular formula is C23H27NO7. The SMILES string of the molecule is COC(=O)c1c(C(=O)Cc2cc3c(cc2CCN(C)C)OCO3)ccc(OC)c1OC. The average Bonchev–Trinajstić information content (AvgIpc) is 3.22. The highest BCUT2D eigenvalue weighted by molar-refractivity contribution is 6.09. The van der Waals surface area contributed by atoms with Crippen molar-refractivity contribution in [3.05, 3.63) is 46.5 Å². The van der Waals surface area contributed by atoms with Gasteiger partial charge in [-0.1, -0.05) is 0 Å². The summed E-state index contributed by atoms with van der Waals surface area (Å²) in [4.78, 5) is 27.9. The van der Waals surface area contributed by atoms with Crippen molar-refractivity contribution >= 4 is 11.8 Å². The minimum atomic E-state index is -0.669. The quantitative estimate of drug-likeness (QED) is 0.445. The van der Waals surface area contributed by atoms with Crippen LogP contribution in [0.4, 0.5) is 0 Å². The zero-order valence-corrected chi connectivity index (χ0v) is 18.4. The van der Waals surface area contributed by atoms with Crippen LogP contribution in [0.1, 0.15) is 31.8 Å². The molecule has 0 aliphatic carbocycles. The highest BCUT2D eigenvalue weighted by Gasteiger charge is 2.27.